The molecule has 2 heterocycles. The Bertz CT molecular complexity index is 615. The van der Waals surface area contributed by atoms with Gasteiger partial charge in [-0.3, -0.25) is 9.59 Å². The van der Waals surface area contributed by atoms with Crippen molar-refractivity contribution in [2.75, 3.05) is 32.8 Å². The van der Waals surface area contributed by atoms with E-state index in [4.69, 9.17) is 4.74 Å². The molecular formula is C21H30N2O3. The highest BCUT2D eigenvalue weighted by atomic mass is 16.5. The molecule has 0 atom stereocenters. The summed E-state index contributed by atoms with van der Waals surface area (Å²) in [5, 5.41) is 0. The minimum atomic E-state index is 0.00665. The quantitative estimate of drug-likeness (QED) is 0.831. The van der Waals surface area contributed by atoms with Crippen molar-refractivity contribution in [2.24, 2.45) is 5.92 Å². The Kier molecular flexibility index (Phi) is 6.53. The Hall–Kier alpha value is -2.04. The summed E-state index contributed by atoms with van der Waals surface area (Å²) in [4.78, 5) is 29.0. The number of ether oxygens (including phenoxy) is 1. The lowest BCUT2D eigenvalue weighted by Crippen LogP contribution is -2.45. The molecule has 0 saturated carbocycles. The van der Waals surface area contributed by atoms with Crippen molar-refractivity contribution in [1.29, 1.82) is 0 Å². The Labute approximate surface area is 156 Å². The van der Waals surface area contributed by atoms with E-state index in [0.29, 0.717) is 19.0 Å². The van der Waals surface area contributed by atoms with Crippen molar-refractivity contribution < 1.29 is 14.3 Å². The number of hydrogen-bond acceptors (Lipinski definition) is 3. The van der Waals surface area contributed by atoms with Crippen molar-refractivity contribution in [1.82, 2.24) is 9.80 Å². The lowest BCUT2D eigenvalue weighted by Gasteiger charge is -2.34. The second kappa shape index (κ2) is 9.06. The van der Waals surface area contributed by atoms with Gasteiger partial charge in [0.05, 0.1) is 0 Å². The van der Waals surface area contributed by atoms with Gasteiger partial charge in [0.15, 0.2) is 6.61 Å². The van der Waals surface area contributed by atoms with E-state index >= 15 is 0 Å². The molecule has 0 aromatic heterocycles. The molecule has 2 amide bonds. The van der Waals surface area contributed by atoms with Gasteiger partial charge in [-0.1, -0.05) is 25.0 Å². The number of aryl methyl sites for hydroxylation is 1. The number of carbonyl (C=O) groups is 2. The summed E-state index contributed by atoms with van der Waals surface area (Å²) in [6.07, 6.45) is 6.26. The van der Waals surface area contributed by atoms with E-state index in [1.807, 2.05) is 36.1 Å². The van der Waals surface area contributed by atoms with E-state index in [2.05, 4.69) is 4.90 Å². The molecule has 3 rings (SSSR count). The number of benzene rings is 1. The van der Waals surface area contributed by atoms with Crippen LogP contribution in [0.15, 0.2) is 24.3 Å². The summed E-state index contributed by atoms with van der Waals surface area (Å²) in [5.74, 6) is 1.11. The molecule has 0 spiro atoms. The molecule has 2 aliphatic heterocycles. The first-order chi connectivity index (χ1) is 12.6. The standard InChI is InChI=1S/C21H30N2O3/c1-17-7-6-8-19(15-17)26-16-20(24)22-13-9-18(10-14-22)21(25)23-11-4-2-3-5-12-23/h6-8,15,18H,2-5,9-14,16H2,1H3. The van der Waals surface area contributed by atoms with Gasteiger partial charge in [0.1, 0.15) is 5.75 Å². The fraction of sp³-hybridized carbons (Fsp3) is 0.619. The van der Waals surface area contributed by atoms with Crippen LogP contribution in [0.3, 0.4) is 0 Å². The van der Waals surface area contributed by atoms with Crippen LogP contribution in [0.2, 0.25) is 0 Å². The van der Waals surface area contributed by atoms with Crippen LogP contribution in [0, 0.1) is 12.8 Å². The van der Waals surface area contributed by atoms with Gasteiger partial charge in [-0.25, -0.2) is 0 Å². The summed E-state index contributed by atoms with van der Waals surface area (Å²) >= 11 is 0. The predicted molar refractivity (Wildman–Crippen MR) is 101 cm³/mol. The third-order valence-electron chi connectivity index (χ3n) is 5.47. The van der Waals surface area contributed by atoms with Crippen LogP contribution in [0.4, 0.5) is 0 Å². The van der Waals surface area contributed by atoms with Crippen LogP contribution < -0.4 is 4.74 Å². The maximum Gasteiger partial charge on any atom is 0.260 e. The van der Waals surface area contributed by atoms with Crippen LogP contribution in [-0.2, 0) is 9.59 Å². The van der Waals surface area contributed by atoms with Gasteiger partial charge in [0, 0.05) is 32.1 Å². The molecule has 1 aromatic rings. The zero-order chi connectivity index (χ0) is 18.4. The molecule has 0 radical (unpaired) electrons. The Morgan fingerprint density at radius 3 is 2.35 bits per heavy atom. The molecular weight excluding hydrogens is 328 g/mol. The number of nitrogens with zero attached hydrogens (tertiary/aromatic N) is 2. The van der Waals surface area contributed by atoms with Crippen molar-refractivity contribution in [3.8, 4) is 5.75 Å². The van der Waals surface area contributed by atoms with Crippen molar-refractivity contribution in [2.45, 2.75) is 45.4 Å². The van der Waals surface area contributed by atoms with E-state index in [1.165, 1.54) is 12.8 Å². The summed E-state index contributed by atoms with van der Waals surface area (Å²) in [5.41, 5.74) is 1.11. The number of likely N-dealkylation sites (tertiary alicyclic amines) is 2. The third kappa shape index (κ3) is 4.99. The summed E-state index contributed by atoms with van der Waals surface area (Å²) in [7, 11) is 0. The molecule has 5 heteroatoms. The summed E-state index contributed by atoms with van der Waals surface area (Å²) in [6, 6.07) is 7.72. The number of hydrogen-bond donors (Lipinski definition) is 0. The summed E-state index contributed by atoms with van der Waals surface area (Å²) < 4.78 is 5.62. The first-order valence-corrected chi connectivity index (χ1v) is 9.89. The highest BCUT2D eigenvalue weighted by Crippen LogP contribution is 2.22. The fourth-order valence-corrected chi connectivity index (χ4v) is 3.87. The Morgan fingerprint density at radius 1 is 1.00 bits per heavy atom. The van der Waals surface area contributed by atoms with Crippen LogP contribution in [0.25, 0.3) is 0 Å². The molecule has 0 unspecified atom stereocenters. The molecule has 26 heavy (non-hydrogen) atoms. The van der Waals surface area contributed by atoms with Gasteiger partial charge >= 0.3 is 0 Å². The van der Waals surface area contributed by atoms with E-state index in [-0.39, 0.29) is 18.4 Å². The van der Waals surface area contributed by atoms with E-state index in [0.717, 1.165) is 50.1 Å². The largest absolute Gasteiger partial charge is 0.484 e. The predicted octanol–water partition coefficient (Wildman–Crippen LogP) is 3.02. The molecule has 2 saturated heterocycles. The van der Waals surface area contributed by atoms with Gasteiger partial charge in [-0.2, -0.15) is 0 Å². The van der Waals surface area contributed by atoms with Crippen LogP contribution in [-0.4, -0.2) is 54.4 Å². The first kappa shape index (κ1) is 18.7. The monoisotopic (exact) mass is 358 g/mol. The van der Waals surface area contributed by atoms with Crippen molar-refractivity contribution in [3.05, 3.63) is 29.8 Å². The zero-order valence-electron chi connectivity index (χ0n) is 15.8. The highest BCUT2D eigenvalue weighted by Gasteiger charge is 2.30. The van der Waals surface area contributed by atoms with Gasteiger partial charge < -0.3 is 14.5 Å². The van der Waals surface area contributed by atoms with Crippen LogP contribution in [0.5, 0.6) is 5.75 Å². The van der Waals surface area contributed by atoms with Gasteiger partial charge in [-0.15, -0.1) is 0 Å². The molecule has 0 N–H and O–H groups in total. The van der Waals surface area contributed by atoms with Gasteiger partial charge in [0.25, 0.3) is 5.91 Å². The lowest BCUT2D eigenvalue weighted by atomic mass is 9.95. The average molecular weight is 358 g/mol. The second-order valence-electron chi connectivity index (χ2n) is 7.50. The molecule has 2 aliphatic rings. The second-order valence-corrected chi connectivity index (χ2v) is 7.50. The number of carbonyl (C=O) groups excluding carboxylic acids is 2. The number of rotatable bonds is 4. The molecule has 0 bridgehead atoms. The molecule has 142 valence electrons. The summed E-state index contributed by atoms with van der Waals surface area (Å²) in [6.45, 7) is 5.18. The molecule has 2 fully saturated rings. The molecule has 5 nitrogen and oxygen atoms in total. The van der Waals surface area contributed by atoms with Gasteiger partial charge in [0.2, 0.25) is 5.91 Å². The lowest BCUT2D eigenvalue weighted by molar-refractivity contribution is -0.141. The Morgan fingerprint density at radius 2 is 1.69 bits per heavy atom. The minimum absolute atomic E-state index is 0.00665. The van der Waals surface area contributed by atoms with Gasteiger partial charge in [-0.05, 0) is 50.3 Å². The maximum absolute atomic E-state index is 12.7. The minimum Gasteiger partial charge on any atom is -0.484 e. The van der Waals surface area contributed by atoms with E-state index in [9.17, 15) is 9.59 Å². The smallest absolute Gasteiger partial charge is 0.260 e. The molecule has 1 aromatic carbocycles. The third-order valence-corrected chi connectivity index (χ3v) is 5.47. The number of amides is 2. The SMILES string of the molecule is Cc1cccc(OCC(=O)N2CCC(C(=O)N3CCCCCC3)CC2)c1. The first-order valence-electron chi connectivity index (χ1n) is 9.89. The normalized spacial score (nSPS) is 19.1. The fourth-order valence-electron chi connectivity index (χ4n) is 3.87. The van der Waals surface area contributed by atoms with E-state index in [1.54, 1.807) is 0 Å². The zero-order valence-corrected chi connectivity index (χ0v) is 15.8. The highest BCUT2D eigenvalue weighted by molar-refractivity contribution is 5.80. The molecule has 0 aliphatic carbocycles. The number of piperidine rings is 1. The van der Waals surface area contributed by atoms with Crippen LogP contribution >= 0.6 is 0 Å². The average Bonchev–Trinajstić information content (AvgIpc) is 2.95. The topological polar surface area (TPSA) is 49.9 Å². The Balaban J connectivity index is 1.43. The van der Waals surface area contributed by atoms with Crippen molar-refractivity contribution in [3.63, 3.8) is 0 Å². The van der Waals surface area contributed by atoms with E-state index < -0.39 is 0 Å². The maximum atomic E-state index is 12.7. The van der Waals surface area contributed by atoms with Crippen molar-refractivity contribution >= 4 is 11.8 Å². The van der Waals surface area contributed by atoms with Crippen LogP contribution in [0.1, 0.15) is 44.1 Å².